The number of aliphatic imine (C=N–C) groups is 1. The summed E-state index contributed by atoms with van der Waals surface area (Å²) >= 11 is 1.99. The molecule has 0 aliphatic heterocycles. The lowest BCUT2D eigenvalue weighted by Gasteiger charge is -2.19. The molecule has 7 nitrogen and oxygen atoms in total. The van der Waals surface area contributed by atoms with Crippen molar-refractivity contribution in [2.24, 2.45) is 4.99 Å². The minimum atomic E-state index is -0.607. The van der Waals surface area contributed by atoms with E-state index in [4.69, 9.17) is 4.74 Å². The van der Waals surface area contributed by atoms with Crippen LogP contribution in [0.15, 0.2) is 4.99 Å². The lowest BCUT2D eigenvalue weighted by atomic mass is 10.2. The van der Waals surface area contributed by atoms with Crippen LogP contribution in [-0.2, 0) is 4.74 Å². The molecule has 0 aliphatic carbocycles. The predicted molar refractivity (Wildman–Crippen MR) is 83.4 cm³/mol. The third-order valence-corrected chi connectivity index (χ3v) is 2.60. The minimum Gasteiger partial charge on any atom is -0.444 e. The molecular weight excluding hydrogens is 361 g/mol. The Morgan fingerprint density at radius 1 is 1.42 bits per heavy atom. The summed E-state index contributed by atoms with van der Waals surface area (Å²) in [6.07, 6.45) is -0.607. The van der Waals surface area contributed by atoms with Gasteiger partial charge < -0.3 is 10.1 Å². The molecule has 1 heterocycles. The third kappa shape index (κ3) is 4.62. The zero-order chi connectivity index (χ0) is 14.6. The third-order valence-electron chi connectivity index (χ3n) is 1.85. The number of hydrogen-bond donors (Lipinski definition) is 2. The second kappa shape index (κ2) is 6.13. The maximum atomic E-state index is 11.6. The van der Waals surface area contributed by atoms with Gasteiger partial charge in [0.25, 0.3) is 0 Å². The van der Waals surface area contributed by atoms with Gasteiger partial charge in [-0.15, -0.1) is 0 Å². The monoisotopic (exact) mass is 377 g/mol. The molecule has 0 unspecified atom stereocenters. The van der Waals surface area contributed by atoms with Crippen LogP contribution < -0.4 is 10.6 Å². The molecule has 2 N–H and O–H groups in total. The first-order valence-corrected chi connectivity index (χ1v) is 6.56. The number of halogens is 1. The summed E-state index contributed by atoms with van der Waals surface area (Å²) in [6, 6.07) is 0. The van der Waals surface area contributed by atoms with Gasteiger partial charge in [-0.05, 0) is 50.1 Å². The quantitative estimate of drug-likeness (QED) is 0.481. The van der Waals surface area contributed by atoms with E-state index in [2.05, 4.69) is 32.3 Å². The number of rotatable bonds is 3. The maximum absolute atomic E-state index is 11.6. The Kier molecular flexibility index (Phi) is 5.04. The molecule has 8 heteroatoms. The summed E-state index contributed by atoms with van der Waals surface area (Å²) in [4.78, 5) is 23.7. The van der Waals surface area contributed by atoms with Gasteiger partial charge in [0.1, 0.15) is 15.0 Å². The highest BCUT2D eigenvalue weighted by molar-refractivity contribution is 14.1. The van der Waals surface area contributed by atoms with Crippen LogP contribution in [0, 0.1) is 3.70 Å². The fraction of sp³-hybridized carbons (Fsp3) is 0.455. The first-order chi connectivity index (χ1) is 8.76. The fourth-order valence-electron chi connectivity index (χ4n) is 1.19. The Bertz CT molecular complexity index is 499. The van der Waals surface area contributed by atoms with E-state index in [9.17, 15) is 4.79 Å². The molecule has 0 aromatic carbocycles. The largest absolute Gasteiger partial charge is 0.444 e. The fourth-order valence-corrected chi connectivity index (χ4v) is 1.85. The van der Waals surface area contributed by atoms with Gasteiger partial charge in [0, 0.05) is 7.05 Å². The SMILES string of the molecule is C=Nc1c(I)nc(NC(=O)OC(C)(C)C)nc1NC. The highest BCUT2D eigenvalue weighted by Crippen LogP contribution is 2.28. The lowest BCUT2D eigenvalue weighted by Crippen LogP contribution is -2.28. The number of carbonyl (C=O) groups excluding carboxylic acids is 1. The summed E-state index contributed by atoms with van der Waals surface area (Å²) < 4.78 is 5.70. The van der Waals surface area contributed by atoms with Gasteiger partial charge >= 0.3 is 6.09 Å². The summed E-state index contributed by atoms with van der Waals surface area (Å²) in [5.41, 5.74) is -0.0380. The van der Waals surface area contributed by atoms with Crippen LogP contribution in [-0.4, -0.2) is 35.4 Å². The van der Waals surface area contributed by atoms with Crippen molar-refractivity contribution < 1.29 is 9.53 Å². The van der Waals surface area contributed by atoms with Crippen molar-refractivity contribution in [3.63, 3.8) is 0 Å². The van der Waals surface area contributed by atoms with Crippen molar-refractivity contribution in [1.82, 2.24) is 9.97 Å². The molecule has 1 amide bonds. The number of aromatic nitrogens is 2. The molecule has 0 fully saturated rings. The normalized spacial score (nSPS) is 10.8. The molecule has 0 atom stereocenters. The average molecular weight is 377 g/mol. The topological polar surface area (TPSA) is 88.5 Å². The molecule has 0 bridgehead atoms. The highest BCUT2D eigenvalue weighted by atomic mass is 127. The van der Waals surface area contributed by atoms with Gasteiger partial charge in [-0.3, -0.25) is 10.3 Å². The van der Waals surface area contributed by atoms with Crippen LogP contribution in [0.4, 0.5) is 22.2 Å². The molecule has 1 aromatic rings. The standard InChI is InChI=1S/C11H16IN5O2/c1-11(2,3)19-10(18)17-9-15-7(12)6(13-4)8(14-5)16-9/h4H2,1-3,5H3,(H2,14,15,16,17,18). The molecule has 104 valence electrons. The van der Waals surface area contributed by atoms with Gasteiger partial charge in [-0.1, -0.05) is 0 Å². The maximum Gasteiger partial charge on any atom is 0.414 e. The first kappa shape index (κ1) is 15.6. The zero-order valence-electron chi connectivity index (χ0n) is 11.2. The van der Waals surface area contributed by atoms with Crippen molar-refractivity contribution in [3.05, 3.63) is 3.70 Å². The molecule has 0 saturated heterocycles. The van der Waals surface area contributed by atoms with E-state index in [1.807, 2.05) is 22.6 Å². The Hall–Kier alpha value is -1.45. The highest BCUT2D eigenvalue weighted by Gasteiger charge is 2.18. The molecule has 0 saturated carbocycles. The average Bonchev–Trinajstić information content (AvgIpc) is 2.25. The van der Waals surface area contributed by atoms with Gasteiger partial charge in [0.05, 0.1) is 0 Å². The molecule has 1 rings (SSSR count). The van der Waals surface area contributed by atoms with E-state index in [1.165, 1.54) is 0 Å². The van der Waals surface area contributed by atoms with E-state index >= 15 is 0 Å². The summed E-state index contributed by atoms with van der Waals surface area (Å²) in [6.45, 7) is 8.79. The minimum absolute atomic E-state index is 0.149. The van der Waals surface area contributed by atoms with Crippen LogP contribution in [0.1, 0.15) is 20.8 Å². The molecule has 0 spiro atoms. The van der Waals surface area contributed by atoms with E-state index in [0.29, 0.717) is 15.2 Å². The Morgan fingerprint density at radius 3 is 2.53 bits per heavy atom. The molecule has 1 aromatic heterocycles. The smallest absolute Gasteiger partial charge is 0.414 e. The Balaban J connectivity index is 2.94. The summed E-state index contributed by atoms with van der Waals surface area (Å²) in [5.74, 6) is 0.635. The van der Waals surface area contributed by atoms with Crippen molar-refractivity contribution in [1.29, 1.82) is 0 Å². The Morgan fingerprint density at radius 2 is 2.05 bits per heavy atom. The van der Waals surface area contributed by atoms with E-state index in [1.54, 1.807) is 27.8 Å². The van der Waals surface area contributed by atoms with Crippen molar-refractivity contribution in [3.8, 4) is 0 Å². The van der Waals surface area contributed by atoms with Crippen LogP contribution in [0.2, 0.25) is 0 Å². The Labute approximate surface area is 125 Å². The second-order valence-corrected chi connectivity index (χ2v) is 5.59. The summed E-state index contributed by atoms with van der Waals surface area (Å²) in [5, 5.41) is 5.34. The van der Waals surface area contributed by atoms with E-state index in [0.717, 1.165) is 0 Å². The second-order valence-electron chi connectivity index (χ2n) is 4.57. The van der Waals surface area contributed by atoms with Crippen LogP contribution >= 0.6 is 22.6 Å². The lowest BCUT2D eigenvalue weighted by molar-refractivity contribution is 0.0634. The van der Waals surface area contributed by atoms with Crippen LogP contribution in [0.5, 0.6) is 0 Å². The first-order valence-electron chi connectivity index (χ1n) is 5.49. The zero-order valence-corrected chi connectivity index (χ0v) is 13.4. The van der Waals surface area contributed by atoms with Crippen LogP contribution in [0.25, 0.3) is 0 Å². The number of ether oxygens (including phenoxy) is 1. The van der Waals surface area contributed by atoms with Gasteiger partial charge in [0.15, 0.2) is 5.82 Å². The van der Waals surface area contributed by atoms with Crippen molar-refractivity contribution in [2.75, 3.05) is 17.7 Å². The summed E-state index contributed by atoms with van der Waals surface area (Å²) in [7, 11) is 1.70. The van der Waals surface area contributed by atoms with E-state index in [-0.39, 0.29) is 5.95 Å². The number of anilines is 2. The molecule has 19 heavy (non-hydrogen) atoms. The van der Waals surface area contributed by atoms with Crippen molar-refractivity contribution in [2.45, 2.75) is 26.4 Å². The number of nitrogens with zero attached hydrogens (tertiary/aromatic N) is 3. The van der Waals surface area contributed by atoms with Gasteiger partial charge in [-0.25, -0.2) is 9.78 Å². The number of nitrogens with one attached hydrogen (secondary N) is 2. The number of carbonyl (C=O) groups is 1. The number of hydrogen-bond acceptors (Lipinski definition) is 6. The molecule has 0 aliphatic rings. The molecule has 0 radical (unpaired) electrons. The van der Waals surface area contributed by atoms with E-state index < -0.39 is 11.7 Å². The predicted octanol–water partition coefficient (Wildman–Crippen LogP) is 2.80. The number of amides is 1. The van der Waals surface area contributed by atoms with Crippen LogP contribution in [0.3, 0.4) is 0 Å². The van der Waals surface area contributed by atoms with Gasteiger partial charge in [-0.2, -0.15) is 4.98 Å². The van der Waals surface area contributed by atoms with Gasteiger partial charge in [0.2, 0.25) is 5.95 Å². The molecular formula is C11H16IN5O2. The van der Waals surface area contributed by atoms with Crippen molar-refractivity contribution >= 4 is 52.9 Å².